The molecule has 1 aliphatic rings. The van der Waals surface area contributed by atoms with Crippen molar-refractivity contribution in [3.05, 3.63) is 53.5 Å². The van der Waals surface area contributed by atoms with Gasteiger partial charge in [0.05, 0.1) is 18.2 Å². The van der Waals surface area contributed by atoms with Crippen LogP contribution in [0.15, 0.2) is 51.2 Å². The molecule has 0 saturated carbocycles. The number of benzene rings is 1. The van der Waals surface area contributed by atoms with Gasteiger partial charge in [0.2, 0.25) is 0 Å². The van der Waals surface area contributed by atoms with Gasteiger partial charge in [-0.3, -0.25) is 4.79 Å². The van der Waals surface area contributed by atoms with Crippen molar-refractivity contribution in [3.8, 4) is 0 Å². The quantitative estimate of drug-likeness (QED) is 0.659. The first-order valence-electron chi connectivity index (χ1n) is 5.81. The van der Waals surface area contributed by atoms with Crippen molar-refractivity contribution in [1.82, 2.24) is 0 Å². The maximum atomic E-state index is 11.8. The van der Waals surface area contributed by atoms with Gasteiger partial charge in [0, 0.05) is 5.56 Å². The number of anilines is 1. The van der Waals surface area contributed by atoms with Gasteiger partial charge >= 0.3 is 0 Å². The van der Waals surface area contributed by atoms with E-state index in [9.17, 15) is 4.79 Å². The van der Waals surface area contributed by atoms with Gasteiger partial charge in [0.1, 0.15) is 5.76 Å². The molecule has 2 heterocycles. The summed E-state index contributed by atoms with van der Waals surface area (Å²) in [5, 5.41) is 10.6. The molecule has 0 atom stereocenters. The van der Waals surface area contributed by atoms with Crippen molar-refractivity contribution in [2.24, 2.45) is 10.2 Å². The Morgan fingerprint density at radius 3 is 3.00 bits per heavy atom. The van der Waals surface area contributed by atoms with E-state index in [1.165, 1.54) is 6.21 Å². The Labute approximate surface area is 109 Å². The number of aryl methyl sites for hydroxylation is 1. The lowest BCUT2D eigenvalue weighted by Gasteiger charge is -1.97. The summed E-state index contributed by atoms with van der Waals surface area (Å²) in [7, 11) is 0. The maximum absolute atomic E-state index is 11.8. The second-order valence-corrected chi connectivity index (χ2v) is 4.21. The van der Waals surface area contributed by atoms with E-state index in [4.69, 9.17) is 4.42 Å². The molecule has 0 radical (unpaired) electrons. The van der Waals surface area contributed by atoms with Crippen LogP contribution in [0.3, 0.4) is 0 Å². The molecule has 0 aliphatic carbocycles. The first kappa shape index (κ1) is 11.4. The number of nitrogens with one attached hydrogen (secondary N) is 1. The molecular formula is C14H11N3O2. The molecule has 3 rings (SSSR count). The molecule has 0 unspecified atom stereocenters. The number of hydrogen-bond acceptors (Lipinski definition) is 4. The van der Waals surface area contributed by atoms with Crippen LogP contribution in [-0.4, -0.2) is 17.8 Å². The van der Waals surface area contributed by atoms with Gasteiger partial charge in [-0.2, -0.15) is 5.10 Å². The standard InChI is InChI=1S/C14H11N3O2/c1-9-4-5-12-11(7-9)13(14(18)16-12)17-15-8-10-3-2-6-19-10/h2-8H,1H3,(H,16,17,18)/b15-8+. The molecule has 1 N–H and O–H groups in total. The average molecular weight is 253 g/mol. The van der Waals surface area contributed by atoms with E-state index < -0.39 is 0 Å². The van der Waals surface area contributed by atoms with E-state index in [1.54, 1.807) is 18.4 Å². The predicted molar refractivity (Wildman–Crippen MR) is 72.6 cm³/mol. The van der Waals surface area contributed by atoms with E-state index >= 15 is 0 Å². The highest BCUT2D eigenvalue weighted by molar-refractivity contribution is 6.53. The van der Waals surface area contributed by atoms with Crippen molar-refractivity contribution in [1.29, 1.82) is 0 Å². The van der Waals surface area contributed by atoms with Crippen LogP contribution in [0.5, 0.6) is 0 Å². The lowest BCUT2D eigenvalue weighted by Crippen LogP contribution is -2.13. The first-order chi connectivity index (χ1) is 9.24. The van der Waals surface area contributed by atoms with Gasteiger partial charge in [0.25, 0.3) is 5.91 Å². The summed E-state index contributed by atoms with van der Waals surface area (Å²) in [6, 6.07) is 9.23. The summed E-state index contributed by atoms with van der Waals surface area (Å²) in [5.41, 5.74) is 2.93. The Bertz CT molecular complexity index is 685. The average Bonchev–Trinajstić information content (AvgIpc) is 2.99. The number of amides is 1. The molecule has 1 aromatic carbocycles. The molecule has 0 bridgehead atoms. The van der Waals surface area contributed by atoms with Crippen molar-refractivity contribution in [3.63, 3.8) is 0 Å². The number of hydrogen-bond donors (Lipinski definition) is 1. The molecule has 1 aliphatic heterocycles. The highest BCUT2D eigenvalue weighted by Crippen LogP contribution is 2.24. The molecule has 0 saturated heterocycles. The van der Waals surface area contributed by atoms with Crippen LogP contribution < -0.4 is 5.32 Å². The Kier molecular flexibility index (Phi) is 2.72. The van der Waals surface area contributed by atoms with Crippen LogP contribution in [-0.2, 0) is 4.79 Å². The number of carbonyl (C=O) groups is 1. The lowest BCUT2D eigenvalue weighted by atomic mass is 10.1. The van der Waals surface area contributed by atoms with Crippen molar-refractivity contribution in [2.75, 3.05) is 5.32 Å². The normalized spacial score (nSPS) is 16.1. The molecule has 19 heavy (non-hydrogen) atoms. The topological polar surface area (TPSA) is 67.0 Å². The summed E-state index contributed by atoms with van der Waals surface area (Å²) in [6.45, 7) is 1.97. The van der Waals surface area contributed by atoms with Crippen LogP contribution >= 0.6 is 0 Å². The molecule has 5 heteroatoms. The largest absolute Gasteiger partial charge is 0.463 e. The fourth-order valence-electron chi connectivity index (χ4n) is 1.87. The number of furan rings is 1. The van der Waals surface area contributed by atoms with E-state index in [0.717, 1.165) is 16.8 Å². The maximum Gasteiger partial charge on any atom is 0.276 e. The number of carbonyl (C=O) groups excluding carboxylic acids is 1. The van der Waals surface area contributed by atoms with Crippen molar-refractivity contribution >= 4 is 23.5 Å². The number of fused-ring (bicyclic) bond motifs is 1. The number of nitrogens with zero attached hydrogens (tertiary/aromatic N) is 2. The van der Waals surface area contributed by atoms with Gasteiger partial charge in [-0.15, -0.1) is 5.10 Å². The zero-order valence-electron chi connectivity index (χ0n) is 10.3. The third-order valence-electron chi connectivity index (χ3n) is 2.78. The van der Waals surface area contributed by atoms with E-state index in [2.05, 4.69) is 15.5 Å². The van der Waals surface area contributed by atoms with Crippen molar-refractivity contribution in [2.45, 2.75) is 6.92 Å². The lowest BCUT2D eigenvalue weighted by molar-refractivity contribution is -0.110. The van der Waals surface area contributed by atoms with Gasteiger partial charge < -0.3 is 9.73 Å². The van der Waals surface area contributed by atoms with Crippen LogP contribution in [0.25, 0.3) is 0 Å². The van der Waals surface area contributed by atoms with Crippen LogP contribution in [0.2, 0.25) is 0 Å². The summed E-state index contributed by atoms with van der Waals surface area (Å²) < 4.78 is 5.09. The molecule has 0 spiro atoms. The fourth-order valence-corrected chi connectivity index (χ4v) is 1.87. The molecule has 0 fully saturated rings. The van der Waals surface area contributed by atoms with Gasteiger partial charge in [-0.1, -0.05) is 11.6 Å². The summed E-state index contributed by atoms with van der Waals surface area (Å²) >= 11 is 0. The highest BCUT2D eigenvalue weighted by Gasteiger charge is 2.25. The summed E-state index contributed by atoms with van der Waals surface area (Å²) in [4.78, 5) is 11.8. The molecule has 1 aromatic heterocycles. The summed E-state index contributed by atoms with van der Waals surface area (Å²) in [5.74, 6) is 0.351. The molecule has 5 nitrogen and oxygen atoms in total. The minimum Gasteiger partial charge on any atom is -0.463 e. The Hall–Kier alpha value is -2.69. The third-order valence-corrected chi connectivity index (χ3v) is 2.78. The summed E-state index contributed by atoms with van der Waals surface area (Å²) in [6.07, 6.45) is 3.02. The third kappa shape index (κ3) is 2.18. The predicted octanol–water partition coefficient (Wildman–Crippen LogP) is 2.36. The van der Waals surface area contributed by atoms with Crippen LogP contribution in [0.1, 0.15) is 16.9 Å². The van der Waals surface area contributed by atoms with E-state index in [0.29, 0.717) is 11.5 Å². The Morgan fingerprint density at radius 2 is 2.21 bits per heavy atom. The minimum absolute atomic E-state index is 0.239. The molecule has 94 valence electrons. The van der Waals surface area contributed by atoms with E-state index in [-0.39, 0.29) is 5.91 Å². The number of rotatable bonds is 2. The smallest absolute Gasteiger partial charge is 0.276 e. The van der Waals surface area contributed by atoms with Gasteiger partial charge in [-0.05, 0) is 31.2 Å². The highest BCUT2D eigenvalue weighted by atomic mass is 16.3. The fraction of sp³-hybridized carbons (Fsp3) is 0.0714. The Balaban J connectivity index is 1.93. The monoisotopic (exact) mass is 253 g/mol. The first-order valence-corrected chi connectivity index (χ1v) is 5.81. The van der Waals surface area contributed by atoms with Crippen LogP contribution in [0, 0.1) is 6.92 Å². The molecule has 2 aromatic rings. The molecule has 1 amide bonds. The molecular weight excluding hydrogens is 242 g/mol. The van der Waals surface area contributed by atoms with Crippen molar-refractivity contribution < 1.29 is 9.21 Å². The van der Waals surface area contributed by atoms with Gasteiger partial charge in [-0.25, -0.2) is 0 Å². The zero-order valence-corrected chi connectivity index (χ0v) is 10.3. The van der Waals surface area contributed by atoms with Crippen LogP contribution in [0.4, 0.5) is 5.69 Å². The minimum atomic E-state index is -0.239. The van der Waals surface area contributed by atoms with Gasteiger partial charge in [0.15, 0.2) is 5.71 Å². The Morgan fingerprint density at radius 1 is 1.32 bits per heavy atom. The van der Waals surface area contributed by atoms with E-state index in [1.807, 2.05) is 25.1 Å². The SMILES string of the molecule is Cc1ccc2c(c1)C(=N/N=C/c1ccco1)C(=O)N2. The zero-order chi connectivity index (χ0) is 13.2. The second-order valence-electron chi connectivity index (χ2n) is 4.21. The second kappa shape index (κ2) is 4.53.